The Kier molecular flexibility index (Phi) is 11.9. The lowest BCUT2D eigenvalue weighted by molar-refractivity contribution is 0.681. The van der Waals surface area contributed by atoms with E-state index in [4.69, 9.17) is 0 Å². The van der Waals surface area contributed by atoms with E-state index in [1.165, 1.54) is 72.6 Å². The van der Waals surface area contributed by atoms with E-state index >= 15 is 0 Å². The van der Waals surface area contributed by atoms with Crippen LogP contribution in [0.15, 0.2) is 133 Å². The lowest BCUT2D eigenvalue weighted by Crippen LogP contribution is -2.33. The Balaban J connectivity index is 1.45. The fourth-order valence-electron chi connectivity index (χ4n) is 9.34. The molecule has 0 N–H and O–H groups in total. The van der Waals surface area contributed by atoms with Crippen molar-refractivity contribution in [3.05, 3.63) is 167 Å². The van der Waals surface area contributed by atoms with Crippen molar-refractivity contribution in [2.75, 3.05) is 0 Å². The number of fused-ring (bicyclic) bond motifs is 2. The highest BCUT2D eigenvalue weighted by atomic mass is 31.1. The lowest BCUT2D eigenvalue weighted by Gasteiger charge is -2.34. The molecule has 0 fully saturated rings. The fourth-order valence-corrected chi connectivity index (χ4v) is 17.4. The molecule has 0 aliphatic heterocycles. The Labute approximate surface area is 331 Å². The molecule has 6 aromatic rings. The first-order valence-corrected chi connectivity index (χ1v) is 29.4. The summed E-state index contributed by atoms with van der Waals surface area (Å²) in [5.41, 5.74) is 13.6. The molecule has 2 aliphatic rings. The van der Waals surface area contributed by atoms with Gasteiger partial charge in [0.15, 0.2) is 0 Å². The minimum Gasteiger partial charge on any atom is -0.0682 e. The van der Waals surface area contributed by atoms with E-state index < -0.39 is 33.4 Å². The van der Waals surface area contributed by atoms with Crippen molar-refractivity contribution in [3.8, 4) is 11.1 Å². The second kappa shape index (κ2) is 17.2. The molecule has 2 aliphatic carbocycles. The molecule has 54 heavy (non-hydrogen) atoms. The predicted molar refractivity (Wildman–Crippen MR) is 248 cm³/mol. The van der Waals surface area contributed by atoms with E-state index in [0.717, 1.165) is 12.3 Å². The second-order valence-corrected chi connectivity index (χ2v) is 26.4. The van der Waals surface area contributed by atoms with Gasteiger partial charge in [0.05, 0.1) is 17.6 Å². The summed E-state index contributed by atoms with van der Waals surface area (Å²) < 4.78 is 0. The SMILES string of the molecule is C[SiH](C)c1cc2c(c(-c3c4c(cc([SiH](C)C)c3CP(c3ccccc3)c3ccccc3)CCCC4)c1CP(c1ccccc1)c1ccccc1)CCCC2. The maximum absolute atomic E-state index is 2.75. The van der Waals surface area contributed by atoms with Crippen molar-refractivity contribution >= 4 is 65.0 Å². The van der Waals surface area contributed by atoms with Crippen LogP contribution in [-0.2, 0) is 38.0 Å². The van der Waals surface area contributed by atoms with Crippen LogP contribution in [0, 0.1) is 0 Å². The molecular weight excluding hydrogens is 719 g/mol. The molecule has 0 saturated carbocycles. The van der Waals surface area contributed by atoms with Gasteiger partial charge >= 0.3 is 0 Å². The zero-order valence-electron chi connectivity index (χ0n) is 32.8. The molecule has 0 nitrogen and oxygen atoms in total. The average Bonchev–Trinajstić information content (AvgIpc) is 3.22. The zero-order valence-corrected chi connectivity index (χ0v) is 36.9. The maximum atomic E-state index is 2.75. The van der Waals surface area contributed by atoms with Crippen molar-refractivity contribution in [1.82, 2.24) is 0 Å². The van der Waals surface area contributed by atoms with Gasteiger partial charge in [-0.15, -0.1) is 0 Å². The van der Waals surface area contributed by atoms with Crippen LogP contribution < -0.4 is 31.6 Å². The van der Waals surface area contributed by atoms with Crippen LogP contribution in [0.1, 0.15) is 59.1 Å². The summed E-state index contributed by atoms with van der Waals surface area (Å²) in [6.07, 6.45) is 12.4. The summed E-state index contributed by atoms with van der Waals surface area (Å²) in [5, 5.41) is 9.48. The normalized spacial score (nSPS) is 14.1. The van der Waals surface area contributed by atoms with Crippen molar-refractivity contribution in [2.45, 2.75) is 89.9 Å². The third-order valence-electron chi connectivity index (χ3n) is 12.0. The molecule has 0 aromatic heterocycles. The minimum absolute atomic E-state index is 0.583. The zero-order chi connectivity index (χ0) is 37.0. The van der Waals surface area contributed by atoms with Crippen LogP contribution in [0.4, 0.5) is 0 Å². The third-order valence-corrected chi connectivity index (χ3v) is 20.5. The summed E-state index contributed by atoms with van der Waals surface area (Å²) in [6.45, 7) is 10.4. The van der Waals surface area contributed by atoms with Crippen LogP contribution in [0.5, 0.6) is 0 Å². The van der Waals surface area contributed by atoms with Crippen LogP contribution in [0.2, 0.25) is 26.2 Å². The molecule has 8 rings (SSSR count). The van der Waals surface area contributed by atoms with E-state index in [1.54, 1.807) is 54.9 Å². The molecule has 6 aromatic carbocycles. The molecule has 0 radical (unpaired) electrons. The average molecular weight is 775 g/mol. The van der Waals surface area contributed by atoms with Crippen LogP contribution in [0.3, 0.4) is 0 Å². The van der Waals surface area contributed by atoms with Gasteiger partial charge in [0.1, 0.15) is 0 Å². The van der Waals surface area contributed by atoms with Crippen LogP contribution in [-0.4, -0.2) is 17.6 Å². The van der Waals surface area contributed by atoms with E-state index in [1.807, 2.05) is 0 Å². The van der Waals surface area contributed by atoms with Crippen molar-refractivity contribution in [2.24, 2.45) is 0 Å². The molecule has 0 atom stereocenters. The highest BCUT2D eigenvalue weighted by molar-refractivity contribution is 7.72. The van der Waals surface area contributed by atoms with Gasteiger partial charge in [-0.1, -0.05) is 170 Å². The van der Waals surface area contributed by atoms with Gasteiger partial charge in [0, 0.05) is 12.3 Å². The summed E-state index contributed by atoms with van der Waals surface area (Å²) in [7, 11) is -3.56. The van der Waals surface area contributed by atoms with E-state index in [9.17, 15) is 0 Å². The summed E-state index contributed by atoms with van der Waals surface area (Å²) in [6, 6.07) is 51.7. The Bertz CT molecular complexity index is 1940. The highest BCUT2D eigenvalue weighted by Gasteiger charge is 2.32. The molecule has 0 spiro atoms. The summed E-state index contributed by atoms with van der Waals surface area (Å²) in [4.78, 5) is 0. The van der Waals surface area contributed by atoms with Gasteiger partial charge in [-0.25, -0.2) is 0 Å². The van der Waals surface area contributed by atoms with Crippen LogP contribution in [0.25, 0.3) is 11.1 Å². The van der Waals surface area contributed by atoms with E-state index in [-0.39, 0.29) is 0 Å². The predicted octanol–water partition coefficient (Wildman–Crippen LogP) is 9.76. The molecule has 0 bridgehead atoms. The monoisotopic (exact) mass is 774 g/mol. The van der Waals surface area contributed by atoms with Crippen molar-refractivity contribution in [1.29, 1.82) is 0 Å². The van der Waals surface area contributed by atoms with E-state index in [2.05, 4.69) is 160 Å². The van der Waals surface area contributed by atoms with E-state index in [0.29, 0.717) is 0 Å². The number of benzene rings is 6. The standard InChI is InChI=1S/C50H56P2Si2/c1-53(2)47-33-37-21-17-19-31-43(37)49(45(47)35-51(39-23-9-5-10-24-39)40-25-11-6-12-26-40)50-44-32-20-18-22-38(44)34-48(54(3)4)46(50)36-52(41-27-13-7-14-28-41)42-29-15-8-16-30-42/h5-16,23-30,33-34,53-54H,17-22,31-32,35-36H2,1-4H3. The highest BCUT2D eigenvalue weighted by Crippen LogP contribution is 2.48. The van der Waals surface area contributed by atoms with Crippen molar-refractivity contribution < 1.29 is 0 Å². The largest absolute Gasteiger partial charge is 0.0682 e. The minimum atomic E-state index is -1.20. The Hall–Kier alpha value is -3.39. The quantitative estimate of drug-likeness (QED) is 0.0909. The Morgan fingerprint density at radius 2 is 0.704 bits per heavy atom. The van der Waals surface area contributed by atoms with Gasteiger partial charge in [0.25, 0.3) is 0 Å². The number of rotatable bonds is 11. The number of hydrogen-bond acceptors (Lipinski definition) is 0. The maximum Gasteiger partial charge on any atom is 0.0651 e. The second-order valence-electron chi connectivity index (χ2n) is 16.2. The fraction of sp³-hybridized carbons (Fsp3) is 0.280. The molecule has 0 saturated heterocycles. The first kappa shape index (κ1) is 37.5. The van der Waals surface area contributed by atoms with Gasteiger partial charge < -0.3 is 0 Å². The summed E-state index contributed by atoms with van der Waals surface area (Å²) >= 11 is 0. The number of aryl methyl sites for hydroxylation is 2. The molecule has 0 heterocycles. The summed E-state index contributed by atoms with van der Waals surface area (Å²) in [5.74, 6) is 0. The number of hydrogen-bond donors (Lipinski definition) is 0. The Morgan fingerprint density at radius 1 is 0.407 bits per heavy atom. The first-order chi connectivity index (χ1) is 26.5. The molecule has 4 heteroatoms. The van der Waals surface area contributed by atoms with Gasteiger partial charge in [-0.2, -0.15) is 0 Å². The molecular formula is C50H56P2Si2. The Morgan fingerprint density at radius 3 is 1.00 bits per heavy atom. The third kappa shape index (κ3) is 7.83. The van der Waals surface area contributed by atoms with Gasteiger partial charge in [-0.3, -0.25) is 0 Å². The van der Waals surface area contributed by atoms with Crippen molar-refractivity contribution in [3.63, 3.8) is 0 Å². The smallest absolute Gasteiger partial charge is 0.0651 e. The lowest BCUT2D eigenvalue weighted by atomic mass is 9.77. The first-order valence-electron chi connectivity index (χ1n) is 20.6. The molecule has 0 unspecified atom stereocenters. The molecule has 274 valence electrons. The van der Waals surface area contributed by atoms with Gasteiger partial charge in [0.2, 0.25) is 0 Å². The van der Waals surface area contributed by atoms with Crippen LogP contribution >= 0.6 is 15.8 Å². The molecule has 0 amide bonds. The van der Waals surface area contributed by atoms with Gasteiger partial charge in [-0.05, 0) is 133 Å². The topological polar surface area (TPSA) is 0 Å².